The Labute approximate surface area is 129 Å². The molecule has 0 aromatic heterocycles. The maximum Gasteiger partial charge on any atom is 0.416 e. The van der Waals surface area contributed by atoms with Crippen LogP contribution in [-0.2, 0) is 12.7 Å². The lowest BCUT2D eigenvalue weighted by Gasteiger charge is -2.13. The molecule has 2 rings (SSSR count). The Hall–Kier alpha value is -1.59. The molecule has 21 heavy (non-hydrogen) atoms. The first-order chi connectivity index (χ1) is 9.79. The minimum absolute atomic E-state index is 0.0434. The standard InChI is InChI=1S/C14H10Cl2F3NO/c15-10-2-1-3-13(21)9(10)7-20-12-6-8(14(17,18)19)4-5-11(12)16/h1-6,20-21H,7H2. The second-order valence-electron chi connectivity index (χ2n) is 4.28. The normalized spacial score (nSPS) is 11.5. The fraction of sp³-hybridized carbons (Fsp3) is 0.143. The van der Waals surface area contributed by atoms with Crippen LogP contribution in [0.2, 0.25) is 10.0 Å². The van der Waals surface area contributed by atoms with Crippen LogP contribution in [-0.4, -0.2) is 5.11 Å². The maximum atomic E-state index is 12.7. The lowest BCUT2D eigenvalue weighted by molar-refractivity contribution is -0.137. The summed E-state index contributed by atoms with van der Waals surface area (Å²) in [5.74, 6) is -0.0434. The van der Waals surface area contributed by atoms with E-state index in [0.29, 0.717) is 10.6 Å². The Morgan fingerprint density at radius 1 is 1.05 bits per heavy atom. The molecule has 0 spiro atoms. The zero-order valence-corrected chi connectivity index (χ0v) is 12.0. The number of phenols is 1. The summed E-state index contributed by atoms with van der Waals surface area (Å²) < 4.78 is 38.0. The van der Waals surface area contributed by atoms with Crippen LogP contribution in [0.5, 0.6) is 5.75 Å². The molecule has 0 saturated heterocycles. The third-order valence-corrected chi connectivity index (χ3v) is 3.53. The van der Waals surface area contributed by atoms with Gasteiger partial charge in [-0.3, -0.25) is 0 Å². The predicted octanol–water partition coefficient (Wildman–Crippen LogP) is 5.33. The predicted molar refractivity (Wildman–Crippen MR) is 76.9 cm³/mol. The van der Waals surface area contributed by atoms with Crippen molar-refractivity contribution in [3.05, 3.63) is 57.6 Å². The number of phenolic OH excluding ortho intramolecular Hbond substituents is 1. The number of halogens is 5. The molecule has 2 nitrogen and oxygen atoms in total. The van der Waals surface area contributed by atoms with Crippen molar-refractivity contribution in [2.24, 2.45) is 0 Å². The molecule has 7 heteroatoms. The van der Waals surface area contributed by atoms with Gasteiger partial charge in [-0.1, -0.05) is 29.3 Å². The molecule has 0 radical (unpaired) electrons. The molecule has 2 N–H and O–H groups in total. The summed E-state index contributed by atoms with van der Waals surface area (Å²) in [5, 5.41) is 12.9. The van der Waals surface area contributed by atoms with Crippen LogP contribution in [0.15, 0.2) is 36.4 Å². The van der Waals surface area contributed by atoms with E-state index in [1.165, 1.54) is 12.1 Å². The van der Waals surface area contributed by atoms with Crippen molar-refractivity contribution in [3.8, 4) is 5.75 Å². The highest BCUT2D eigenvalue weighted by Gasteiger charge is 2.30. The van der Waals surface area contributed by atoms with Gasteiger partial charge in [0.2, 0.25) is 0 Å². The topological polar surface area (TPSA) is 32.3 Å². The first-order valence-corrected chi connectivity index (χ1v) is 6.61. The van der Waals surface area contributed by atoms with E-state index in [2.05, 4.69) is 5.32 Å². The molecule has 0 aliphatic carbocycles. The van der Waals surface area contributed by atoms with Crippen LogP contribution in [0, 0.1) is 0 Å². The quantitative estimate of drug-likeness (QED) is 0.794. The minimum Gasteiger partial charge on any atom is -0.508 e. The van der Waals surface area contributed by atoms with Crippen LogP contribution >= 0.6 is 23.2 Å². The van der Waals surface area contributed by atoms with Crippen molar-refractivity contribution in [1.29, 1.82) is 0 Å². The van der Waals surface area contributed by atoms with E-state index in [9.17, 15) is 18.3 Å². The number of nitrogens with one attached hydrogen (secondary N) is 1. The van der Waals surface area contributed by atoms with Crippen LogP contribution in [0.1, 0.15) is 11.1 Å². The molecular weight excluding hydrogens is 326 g/mol. The van der Waals surface area contributed by atoms with Gasteiger partial charge in [0.1, 0.15) is 5.75 Å². The molecule has 0 unspecified atom stereocenters. The summed E-state index contributed by atoms with van der Waals surface area (Å²) in [6.45, 7) is 0.0482. The Bertz CT molecular complexity index is 639. The third-order valence-electron chi connectivity index (χ3n) is 2.84. The molecular formula is C14H10Cl2F3NO. The summed E-state index contributed by atoms with van der Waals surface area (Å²) >= 11 is 11.8. The first-order valence-electron chi connectivity index (χ1n) is 5.86. The van der Waals surface area contributed by atoms with Gasteiger partial charge in [0.25, 0.3) is 0 Å². The second kappa shape index (κ2) is 6.03. The van der Waals surface area contributed by atoms with E-state index >= 15 is 0 Å². The van der Waals surface area contributed by atoms with Gasteiger partial charge in [0, 0.05) is 17.1 Å². The molecule has 112 valence electrons. The fourth-order valence-corrected chi connectivity index (χ4v) is 2.16. The van der Waals surface area contributed by atoms with E-state index in [4.69, 9.17) is 23.2 Å². The Balaban J connectivity index is 2.24. The van der Waals surface area contributed by atoms with E-state index in [-0.39, 0.29) is 23.0 Å². The van der Waals surface area contributed by atoms with Gasteiger partial charge in [-0.15, -0.1) is 0 Å². The lowest BCUT2D eigenvalue weighted by Crippen LogP contribution is -2.07. The van der Waals surface area contributed by atoms with E-state index in [1.54, 1.807) is 12.1 Å². The van der Waals surface area contributed by atoms with Crippen LogP contribution < -0.4 is 5.32 Å². The van der Waals surface area contributed by atoms with Crippen LogP contribution in [0.3, 0.4) is 0 Å². The zero-order chi connectivity index (χ0) is 15.6. The maximum absolute atomic E-state index is 12.7. The second-order valence-corrected chi connectivity index (χ2v) is 5.10. The summed E-state index contributed by atoms with van der Waals surface area (Å²) in [5.41, 5.74) is -0.309. The molecule has 0 fully saturated rings. The molecule has 0 heterocycles. The number of benzene rings is 2. The molecule has 0 aliphatic heterocycles. The van der Waals surface area contributed by atoms with Crippen molar-refractivity contribution >= 4 is 28.9 Å². The molecule has 0 atom stereocenters. The Morgan fingerprint density at radius 2 is 1.76 bits per heavy atom. The fourth-order valence-electron chi connectivity index (χ4n) is 1.74. The van der Waals surface area contributed by atoms with Crippen LogP contribution in [0.4, 0.5) is 18.9 Å². The van der Waals surface area contributed by atoms with Gasteiger partial charge < -0.3 is 10.4 Å². The van der Waals surface area contributed by atoms with Gasteiger partial charge in [-0.05, 0) is 30.3 Å². The van der Waals surface area contributed by atoms with Gasteiger partial charge >= 0.3 is 6.18 Å². The van der Waals surface area contributed by atoms with Crippen molar-refractivity contribution in [3.63, 3.8) is 0 Å². The van der Waals surface area contributed by atoms with Crippen molar-refractivity contribution in [2.45, 2.75) is 12.7 Å². The van der Waals surface area contributed by atoms with E-state index in [1.807, 2.05) is 0 Å². The van der Waals surface area contributed by atoms with Gasteiger partial charge in [0.15, 0.2) is 0 Å². The third kappa shape index (κ3) is 3.74. The van der Waals surface area contributed by atoms with Crippen molar-refractivity contribution in [2.75, 3.05) is 5.32 Å². The highest BCUT2D eigenvalue weighted by Crippen LogP contribution is 2.34. The molecule has 0 saturated carbocycles. The van der Waals surface area contributed by atoms with Gasteiger partial charge in [0.05, 0.1) is 16.3 Å². The highest BCUT2D eigenvalue weighted by atomic mass is 35.5. The van der Waals surface area contributed by atoms with Gasteiger partial charge in [-0.2, -0.15) is 13.2 Å². The smallest absolute Gasteiger partial charge is 0.416 e. The molecule has 2 aromatic carbocycles. The van der Waals surface area contributed by atoms with E-state index < -0.39 is 11.7 Å². The molecule has 2 aromatic rings. The SMILES string of the molecule is Oc1cccc(Cl)c1CNc1cc(C(F)(F)F)ccc1Cl. The van der Waals surface area contributed by atoms with E-state index in [0.717, 1.165) is 12.1 Å². The average Bonchev–Trinajstić information content (AvgIpc) is 2.38. The zero-order valence-electron chi connectivity index (χ0n) is 10.5. The first kappa shape index (κ1) is 15.8. The Morgan fingerprint density at radius 3 is 2.38 bits per heavy atom. The molecule has 0 aliphatic rings. The van der Waals surface area contributed by atoms with Crippen molar-refractivity contribution in [1.82, 2.24) is 0 Å². The number of hydrogen-bond acceptors (Lipinski definition) is 2. The van der Waals surface area contributed by atoms with Gasteiger partial charge in [-0.25, -0.2) is 0 Å². The summed E-state index contributed by atoms with van der Waals surface area (Å²) in [6.07, 6.45) is -4.45. The largest absolute Gasteiger partial charge is 0.508 e. The van der Waals surface area contributed by atoms with Crippen LogP contribution in [0.25, 0.3) is 0 Å². The molecule has 0 amide bonds. The highest BCUT2D eigenvalue weighted by molar-refractivity contribution is 6.33. The average molecular weight is 336 g/mol. The number of anilines is 1. The number of hydrogen-bond donors (Lipinski definition) is 2. The summed E-state index contributed by atoms with van der Waals surface area (Å²) in [7, 11) is 0. The lowest BCUT2D eigenvalue weighted by atomic mass is 10.1. The monoisotopic (exact) mass is 335 g/mol. The van der Waals surface area contributed by atoms with Crippen molar-refractivity contribution < 1.29 is 18.3 Å². The Kier molecular flexibility index (Phi) is 4.54. The summed E-state index contributed by atoms with van der Waals surface area (Å²) in [6, 6.07) is 7.57. The number of rotatable bonds is 3. The number of aromatic hydroxyl groups is 1. The minimum atomic E-state index is -4.45. The summed E-state index contributed by atoms with van der Waals surface area (Å²) in [4.78, 5) is 0. The molecule has 0 bridgehead atoms. The number of alkyl halides is 3.